The molecule has 6 rings (SSSR count). The standard InChI is InChI=1S/C27H32N2O3/c30-26(29-25-22-12-20-11-21(14-22)15-23(25)13-20)24(16-18-7-3-1-4-8-18)28-27(31)32-17-19-9-5-2-6-10-19/h1-10,20-25H,11-17H2,(H,28,31)(H,29,30). The van der Waals surface area contributed by atoms with E-state index in [9.17, 15) is 9.59 Å². The van der Waals surface area contributed by atoms with E-state index >= 15 is 0 Å². The Morgan fingerprint density at radius 2 is 1.38 bits per heavy atom. The van der Waals surface area contributed by atoms with Crippen LogP contribution in [0.4, 0.5) is 4.79 Å². The van der Waals surface area contributed by atoms with Gasteiger partial charge in [-0.2, -0.15) is 0 Å². The number of benzene rings is 2. The molecule has 32 heavy (non-hydrogen) atoms. The van der Waals surface area contributed by atoms with Crippen LogP contribution < -0.4 is 10.6 Å². The minimum Gasteiger partial charge on any atom is -0.445 e. The van der Waals surface area contributed by atoms with Gasteiger partial charge in [0.15, 0.2) is 0 Å². The van der Waals surface area contributed by atoms with Crippen molar-refractivity contribution in [1.29, 1.82) is 0 Å². The summed E-state index contributed by atoms with van der Waals surface area (Å²) in [5.74, 6) is 2.81. The number of alkyl carbamates (subject to hydrolysis) is 1. The summed E-state index contributed by atoms with van der Waals surface area (Å²) in [6, 6.07) is 19.0. The molecular weight excluding hydrogens is 400 g/mol. The number of hydrogen-bond donors (Lipinski definition) is 2. The van der Waals surface area contributed by atoms with Crippen LogP contribution in [0.25, 0.3) is 0 Å². The molecule has 4 fully saturated rings. The quantitative estimate of drug-likeness (QED) is 0.679. The molecule has 1 atom stereocenters. The fraction of sp³-hybridized carbons (Fsp3) is 0.481. The lowest BCUT2D eigenvalue weighted by Gasteiger charge is -2.54. The number of hydrogen-bond acceptors (Lipinski definition) is 3. The summed E-state index contributed by atoms with van der Waals surface area (Å²) in [5.41, 5.74) is 1.93. The summed E-state index contributed by atoms with van der Waals surface area (Å²) in [6.07, 6.45) is 6.25. The van der Waals surface area contributed by atoms with Crippen molar-refractivity contribution in [2.75, 3.05) is 0 Å². The second-order valence-electron chi connectivity index (χ2n) is 9.91. The summed E-state index contributed by atoms with van der Waals surface area (Å²) in [7, 11) is 0. The first-order valence-electron chi connectivity index (χ1n) is 12.0. The molecule has 4 aliphatic rings. The first-order chi connectivity index (χ1) is 15.6. The maximum atomic E-state index is 13.4. The molecule has 2 amide bonds. The minimum atomic E-state index is -0.655. The SMILES string of the molecule is O=C(NC(Cc1ccccc1)C(=O)NC1C2CC3CC(C2)CC1C3)OCc1ccccc1. The molecule has 2 aromatic carbocycles. The van der Waals surface area contributed by atoms with Crippen LogP contribution in [-0.4, -0.2) is 24.1 Å². The van der Waals surface area contributed by atoms with E-state index < -0.39 is 12.1 Å². The Kier molecular flexibility index (Phi) is 6.15. The van der Waals surface area contributed by atoms with E-state index in [1.165, 1.54) is 32.1 Å². The largest absolute Gasteiger partial charge is 0.445 e. The molecule has 4 aliphatic carbocycles. The van der Waals surface area contributed by atoms with Crippen molar-refractivity contribution < 1.29 is 14.3 Å². The highest BCUT2D eigenvalue weighted by Crippen LogP contribution is 2.53. The summed E-state index contributed by atoms with van der Waals surface area (Å²) in [6.45, 7) is 0.182. The Bertz CT molecular complexity index is 902. The first kappa shape index (κ1) is 21.0. The van der Waals surface area contributed by atoms with Gasteiger partial charge in [0.05, 0.1) is 0 Å². The summed E-state index contributed by atoms with van der Waals surface area (Å²) < 4.78 is 5.40. The van der Waals surface area contributed by atoms with E-state index in [-0.39, 0.29) is 18.6 Å². The first-order valence-corrected chi connectivity index (χ1v) is 12.0. The Labute approximate surface area is 189 Å². The van der Waals surface area contributed by atoms with Crippen molar-refractivity contribution in [2.24, 2.45) is 23.7 Å². The van der Waals surface area contributed by atoms with Gasteiger partial charge in [-0.15, -0.1) is 0 Å². The summed E-state index contributed by atoms with van der Waals surface area (Å²) >= 11 is 0. The molecule has 0 aromatic heterocycles. The Morgan fingerprint density at radius 3 is 1.97 bits per heavy atom. The van der Waals surface area contributed by atoms with Gasteiger partial charge in [0, 0.05) is 12.5 Å². The zero-order valence-electron chi connectivity index (χ0n) is 18.4. The van der Waals surface area contributed by atoms with Gasteiger partial charge in [-0.3, -0.25) is 4.79 Å². The van der Waals surface area contributed by atoms with E-state index in [4.69, 9.17) is 4.74 Å². The molecule has 1 unspecified atom stereocenters. The molecular formula is C27H32N2O3. The average molecular weight is 433 g/mol. The third-order valence-electron chi connectivity index (χ3n) is 7.64. The second-order valence-corrected chi connectivity index (χ2v) is 9.91. The van der Waals surface area contributed by atoms with Crippen LogP contribution in [0, 0.1) is 23.7 Å². The van der Waals surface area contributed by atoms with Crippen molar-refractivity contribution in [1.82, 2.24) is 10.6 Å². The van der Waals surface area contributed by atoms with E-state index in [0.29, 0.717) is 18.3 Å². The third-order valence-corrected chi connectivity index (χ3v) is 7.64. The molecule has 2 aromatic rings. The fourth-order valence-corrected chi connectivity index (χ4v) is 6.39. The monoisotopic (exact) mass is 432 g/mol. The molecule has 5 heteroatoms. The summed E-state index contributed by atoms with van der Waals surface area (Å²) in [5, 5.41) is 6.19. The van der Waals surface area contributed by atoms with Crippen molar-refractivity contribution >= 4 is 12.0 Å². The van der Waals surface area contributed by atoms with E-state index in [1.54, 1.807) is 0 Å². The van der Waals surface area contributed by atoms with Gasteiger partial charge in [-0.25, -0.2) is 4.79 Å². The topological polar surface area (TPSA) is 67.4 Å². The number of nitrogens with one attached hydrogen (secondary N) is 2. The number of amides is 2. The number of carbonyl (C=O) groups is 2. The molecule has 0 heterocycles. The molecule has 168 valence electrons. The predicted molar refractivity (Wildman–Crippen MR) is 123 cm³/mol. The maximum absolute atomic E-state index is 13.4. The van der Waals surface area contributed by atoms with Gasteiger partial charge in [-0.1, -0.05) is 60.7 Å². The summed E-state index contributed by atoms with van der Waals surface area (Å²) in [4.78, 5) is 25.9. The number of carbonyl (C=O) groups excluding carboxylic acids is 2. The Morgan fingerprint density at radius 1 is 0.812 bits per heavy atom. The van der Waals surface area contributed by atoms with Gasteiger partial charge in [0.1, 0.15) is 12.6 Å². The zero-order chi connectivity index (χ0) is 21.9. The van der Waals surface area contributed by atoms with Crippen LogP contribution >= 0.6 is 0 Å². The van der Waals surface area contributed by atoms with Crippen LogP contribution in [-0.2, 0) is 22.6 Å². The number of ether oxygens (including phenoxy) is 1. The fourth-order valence-electron chi connectivity index (χ4n) is 6.39. The lowest BCUT2D eigenvalue weighted by molar-refractivity contribution is -0.127. The number of rotatable bonds is 7. The minimum absolute atomic E-state index is 0.0945. The van der Waals surface area contributed by atoms with Gasteiger partial charge in [-0.05, 0) is 66.9 Å². The van der Waals surface area contributed by atoms with Gasteiger partial charge >= 0.3 is 6.09 Å². The van der Waals surface area contributed by atoms with E-state index in [1.807, 2.05) is 60.7 Å². The normalized spacial score (nSPS) is 28.7. The Balaban J connectivity index is 1.24. The maximum Gasteiger partial charge on any atom is 0.408 e. The molecule has 2 N–H and O–H groups in total. The highest BCUT2D eigenvalue weighted by atomic mass is 16.5. The predicted octanol–water partition coefficient (Wildman–Crippen LogP) is 4.47. The lowest BCUT2D eigenvalue weighted by Crippen LogP contribution is -2.59. The van der Waals surface area contributed by atoms with Crippen LogP contribution in [0.3, 0.4) is 0 Å². The van der Waals surface area contributed by atoms with Crippen molar-refractivity contribution in [3.8, 4) is 0 Å². The molecule has 0 spiro atoms. The highest BCUT2D eigenvalue weighted by Gasteiger charge is 2.49. The highest BCUT2D eigenvalue weighted by molar-refractivity contribution is 5.86. The second kappa shape index (κ2) is 9.35. The average Bonchev–Trinajstić information content (AvgIpc) is 2.80. The third kappa shape index (κ3) is 4.82. The van der Waals surface area contributed by atoms with Crippen LogP contribution in [0.1, 0.15) is 43.2 Å². The molecule has 0 saturated heterocycles. The van der Waals surface area contributed by atoms with Gasteiger partial charge < -0.3 is 15.4 Å². The molecule has 4 bridgehead atoms. The van der Waals surface area contributed by atoms with Gasteiger partial charge in [0.2, 0.25) is 5.91 Å². The van der Waals surface area contributed by atoms with Crippen molar-refractivity contribution in [3.05, 3.63) is 71.8 Å². The van der Waals surface area contributed by atoms with Gasteiger partial charge in [0.25, 0.3) is 0 Å². The molecule has 0 radical (unpaired) electrons. The zero-order valence-corrected chi connectivity index (χ0v) is 18.4. The van der Waals surface area contributed by atoms with Crippen molar-refractivity contribution in [3.63, 3.8) is 0 Å². The van der Waals surface area contributed by atoms with Crippen molar-refractivity contribution in [2.45, 2.75) is 57.2 Å². The molecule has 4 saturated carbocycles. The molecule has 0 aliphatic heterocycles. The lowest BCUT2D eigenvalue weighted by atomic mass is 9.54. The van der Waals surface area contributed by atoms with Crippen LogP contribution in [0.2, 0.25) is 0 Å². The van der Waals surface area contributed by atoms with Crippen LogP contribution in [0.15, 0.2) is 60.7 Å². The Hall–Kier alpha value is -2.82. The van der Waals surface area contributed by atoms with Crippen LogP contribution in [0.5, 0.6) is 0 Å². The van der Waals surface area contributed by atoms with E-state index in [0.717, 1.165) is 23.0 Å². The molecule has 5 nitrogen and oxygen atoms in total. The van der Waals surface area contributed by atoms with E-state index in [2.05, 4.69) is 10.6 Å². The smallest absolute Gasteiger partial charge is 0.408 e.